The number of anilines is 1. The fourth-order valence-electron chi connectivity index (χ4n) is 1.10. The molecule has 4 nitrogen and oxygen atoms in total. The molecule has 92 valence electrons. The molecular formula is C8H13F3N4S. The first-order chi connectivity index (χ1) is 7.36. The Morgan fingerprint density at radius 2 is 2.06 bits per heavy atom. The van der Waals surface area contributed by atoms with E-state index in [0.29, 0.717) is 24.3 Å². The molecule has 0 aromatic carbocycles. The van der Waals surface area contributed by atoms with Crippen molar-refractivity contribution in [3.05, 3.63) is 5.01 Å². The summed E-state index contributed by atoms with van der Waals surface area (Å²) in [4.78, 5) is 1.65. The average molecular weight is 254 g/mol. The van der Waals surface area contributed by atoms with Crippen molar-refractivity contribution in [2.45, 2.75) is 25.6 Å². The van der Waals surface area contributed by atoms with Gasteiger partial charge in [-0.2, -0.15) is 13.2 Å². The molecule has 16 heavy (non-hydrogen) atoms. The number of aromatic nitrogens is 2. The third kappa shape index (κ3) is 3.05. The van der Waals surface area contributed by atoms with Crippen molar-refractivity contribution in [3.8, 4) is 0 Å². The Hall–Kier alpha value is -0.890. The molecule has 0 saturated heterocycles. The standard InChI is InChI=1S/C8H13F3N4S/c1-5(3-4-12)15(2)7-14-13-6(16-7)8(9,10)11/h5H,3-4,12H2,1-2H3. The maximum atomic E-state index is 12.3. The normalized spacial score (nSPS) is 13.9. The minimum absolute atomic E-state index is 0.0408. The molecule has 1 atom stereocenters. The number of nitrogens with zero attached hydrogens (tertiary/aromatic N) is 3. The van der Waals surface area contributed by atoms with E-state index in [0.717, 1.165) is 0 Å². The molecule has 1 heterocycles. The van der Waals surface area contributed by atoms with Crippen LogP contribution in [0.2, 0.25) is 0 Å². The minimum Gasteiger partial charge on any atom is -0.347 e. The number of hydrogen-bond acceptors (Lipinski definition) is 5. The Morgan fingerprint density at radius 3 is 2.50 bits per heavy atom. The number of alkyl halides is 3. The van der Waals surface area contributed by atoms with Gasteiger partial charge in [-0.05, 0) is 19.9 Å². The highest BCUT2D eigenvalue weighted by Gasteiger charge is 2.36. The molecule has 1 unspecified atom stereocenters. The van der Waals surface area contributed by atoms with Crippen molar-refractivity contribution < 1.29 is 13.2 Å². The van der Waals surface area contributed by atoms with Gasteiger partial charge >= 0.3 is 6.18 Å². The number of halogens is 3. The van der Waals surface area contributed by atoms with Crippen LogP contribution in [0.15, 0.2) is 0 Å². The van der Waals surface area contributed by atoms with E-state index in [1.807, 2.05) is 6.92 Å². The van der Waals surface area contributed by atoms with E-state index < -0.39 is 11.2 Å². The van der Waals surface area contributed by atoms with Crippen LogP contribution in [0.1, 0.15) is 18.4 Å². The van der Waals surface area contributed by atoms with Gasteiger partial charge in [0, 0.05) is 13.1 Å². The van der Waals surface area contributed by atoms with Gasteiger partial charge < -0.3 is 10.6 Å². The van der Waals surface area contributed by atoms with E-state index in [1.165, 1.54) is 0 Å². The van der Waals surface area contributed by atoms with Crippen molar-refractivity contribution in [1.29, 1.82) is 0 Å². The summed E-state index contributed by atoms with van der Waals surface area (Å²) in [6.45, 7) is 2.36. The van der Waals surface area contributed by atoms with Gasteiger partial charge in [0.15, 0.2) is 0 Å². The van der Waals surface area contributed by atoms with E-state index in [2.05, 4.69) is 10.2 Å². The van der Waals surface area contributed by atoms with Gasteiger partial charge in [0.2, 0.25) is 10.1 Å². The Morgan fingerprint density at radius 1 is 1.44 bits per heavy atom. The predicted molar refractivity (Wildman–Crippen MR) is 56.4 cm³/mol. The first-order valence-electron chi connectivity index (χ1n) is 4.70. The second kappa shape index (κ2) is 4.96. The maximum absolute atomic E-state index is 12.3. The van der Waals surface area contributed by atoms with Crippen LogP contribution in [0.4, 0.5) is 18.3 Å². The zero-order valence-corrected chi connectivity index (χ0v) is 9.77. The van der Waals surface area contributed by atoms with Crippen LogP contribution < -0.4 is 10.6 Å². The second-order valence-corrected chi connectivity index (χ2v) is 4.38. The van der Waals surface area contributed by atoms with Gasteiger partial charge in [-0.25, -0.2) is 0 Å². The summed E-state index contributed by atoms with van der Waals surface area (Å²) in [6.07, 6.45) is -3.73. The smallest absolute Gasteiger partial charge is 0.347 e. The average Bonchev–Trinajstić information content (AvgIpc) is 2.65. The van der Waals surface area contributed by atoms with Crippen LogP contribution >= 0.6 is 11.3 Å². The Bertz CT molecular complexity index is 338. The topological polar surface area (TPSA) is 55.0 Å². The zero-order valence-electron chi connectivity index (χ0n) is 8.95. The van der Waals surface area contributed by atoms with E-state index >= 15 is 0 Å². The van der Waals surface area contributed by atoms with Gasteiger partial charge in [-0.15, -0.1) is 10.2 Å². The van der Waals surface area contributed by atoms with Crippen LogP contribution in [0, 0.1) is 0 Å². The lowest BCUT2D eigenvalue weighted by molar-refractivity contribution is -0.138. The van der Waals surface area contributed by atoms with Crippen molar-refractivity contribution in [2.75, 3.05) is 18.5 Å². The fraction of sp³-hybridized carbons (Fsp3) is 0.750. The summed E-state index contributed by atoms with van der Waals surface area (Å²) in [6, 6.07) is 0.0408. The third-order valence-electron chi connectivity index (χ3n) is 2.20. The molecule has 1 aromatic heterocycles. The molecule has 0 fully saturated rings. The molecular weight excluding hydrogens is 241 g/mol. The molecule has 2 N–H and O–H groups in total. The van der Waals surface area contributed by atoms with Crippen LogP contribution in [-0.4, -0.2) is 29.8 Å². The molecule has 1 aromatic rings. The Balaban J connectivity index is 2.78. The monoisotopic (exact) mass is 254 g/mol. The molecule has 8 heteroatoms. The second-order valence-electron chi connectivity index (χ2n) is 3.42. The van der Waals surface area contributed by atoms with E-state index in [9.17, 15) is 13.2 Å². The van der Waals surface area contributed by atoms with E-state index in [-0.39, 0.29) is 11.2 Å². The SMILES string of the molecule is CC(CCN)N(C)c1nnc(C(F)(F)F)s1. The van der Waals surface area contributed by atoms with Crippen LogP contribution in [-0.2, 0) is 6.18 Å². The summed E-state index contributed by atoms with van der Waals surface area (Å²) < 4.78 is 36.8. The Kier molecular flexibility index (Phi) is 4.09. The molecule has 0 aliphatic heterocycles. The third-order valence-corrected chi connectivity index (χ3v) is 3.26. The summed E-state index contributed by atoms with van der Waals surface area (Å²) in [5.74, 6) is 0. The lowest BCUT2D eigenvalue weighted by Gasteiger charge is -2.22. The van der Waals surface area contributed by atoms with Crippen molar-refractivity contribution in [1.82, 2.24) is 10.2 Å². The molecule has 0 amide bonds. The van der Waals surface area contributed by atoms with Gasteiger partial charge in [0.25, 0.3) is 0 Å². The quantitative estimate of drug-likeness (QED) is 0.889. The molecule has 0 spiro atoms. The minimum atomic E-state index is -4.42. The summed E-state index contributed by atoms with van der Waals surface area (Å²) in [7, 11) is 1.68. The van der Waals surface area contributed by atoms with Gasteiger partial charge in [0.05, 0.1) is 0 Å². The van der Waals surface area contributed by atoms with Gasteiger partial charge in [0.1, 0.15) is 0 Å². The number of rotatable bonds is 4. The maximum Gasteiger partial charge on any atom is 0.445 e. The molecule has 0 aliphatic carbocycles. The first-order valence-corrected chi connectivity index (χ1v) is 5.51. The fourth-order valence-corrected chi connectivity index (χ4v) is 1.87. The van der Waals surface area contributed by atoms with E-state index in [4.69, 9.17) is 5.73 Å². The summed E-state index contributed by atoms with van der Waals surface area (Å²) in [5, 5.41) is 5.98. The van der Waals surface area contributed by atoms with Crippen LogP contribution in [0.5, 0.6) is 0 Å². The van der Waals surface area contributed by atoms with Gasteiger partial charge in [-0.1, -0.05) is 11.3 Å². The van der Waals surface area contributed by atoms with Crippen molar-refractivity contribution in [2.24, 2.45) is 5.73 Å². The Labute approximate surface area is 95.3 Å². The number of hydrogen-bond donors (Lipinski definition) is 1. The van der Waals surface area contributed by atoms with Gasteiger partial charge in [-0.3, -0.25) is 0 Å². The first kappa shape index (κ1) is 13.2. The molecule has 0 saturated carbocycles. The molecule has 1 rings (SSSR count). The largest absolute Gasteiger partial charge is 0.445 e. The van der Waals surface area contributed by atoms with Crippen molar-refractivity contribution >= 4 is 16.5 Å². The highest BCUT2D eigenvalue weighted by atomic mass is 32.1. The van der Waals surface area contributed by atoms with Crippen LogP contribution in [0.3, 0.4) is 0 Å². The van der Waals surface area contributed by atoms with Crippen molar-refractivity contribution in [3.63, 3.8) is 0 Å². The van der Waals surface area contributed by atoms with Crippen LogP contribution in [0.25, 0.3) is 0 Å². The summed E-state index contributed by atoms with van der Waals surface area (Å²) >= 11 is 0.540. The molecule has 0 radical (unpaired) electrons. The summed E-state index contributed by atoms with van der Waals surface area (Å²) in [5.41, 5.74) is 5.38. The predicted octanol–water partition coefficient (Wildman–Crippen LogP) is 1.73. The highest BCUT2D eigenvalue weighted by Crippen LogP contribution is 2.34. The number of nitrogens with two attached hydrogens (primary N) is 1. The highest BCUT2D eigenvalue weighted by molar-refractivity contribution is 7.15. The lowest BCUT2D eigenvalue weighted by Crippen LogP contribution is -2.30. The zero-order chi connectivity index (χ0) is 12.3. The van der Waals surface area contributed by atoms with E-state index in [1.54, 1.807) is 11.9 Å². The molecule has 0 aliphatic rings. The molecule has 0 bridgehead atoms. The lowest BCUT2D eigenvalue weighted by atomic mass is 10.2.